The van der Waals surface area contributed by atoms with E-state index in [1.54, 1.807) is 0 Å². The zero-order valence-electron chi connectivity index (χ0n) is 21.7. The summed E-state index contributed by atoms with van der Waals surface area (Å²) < 4.78 is 1.93. The number of carbonyl (C=O) groups is 1. The van der Waals surface area contributed by atoms with Gasteiger partial charge in [-0.1, -0.05) is 54.1 Å². The van der Waals surface area contributed by atoms with Gasteiger partial charge in [0.15, 0.2) is 5.65 Å². The number of rotatable bonds is 5. The molecule has 1 fully saturated rings. The number of aryl methyl sites for hydroxylation is 2. The number of thiophene rings is 1. The summed E-state index contributed by atoms with van der Waals surface area (Å²) in [4.78, 5) is 28.3. The molecule has 7 nitrogen and oxygen atoms in total. The predicted molar refractivity (Wildman–Crippen MR) is 152 cm³/mol. The summed E-state index contributed by atoms with van der Waals surface area (Å²) >= 11 is 1.50. The first-order chi connectivity index (χ1) is 18.6. The van der Waals surface area contributed by atoms with Gasteiger partial charge in [0.2, 0.25) is 0 Å². The lowest BCUT2D eigenvalue weighted by Gasteiger charge is -2.24. The highest BCUT2D eigenvalue weighted by Crippen LogP contribution is 2.30. The van der Waals surface area contributed by atoms with E-state index in [4.69, 9.17) is 15.1 Å². The van der Waals surface area contributed by atoms with Crippen molar-refractivity contribution in [1.82, 2.24) is 24.6 Å². The van der Waals surface area contributed by atoms with Gasteiger partial charge in [-0.05, 0) is 49.4 Å². The van der Waals surface area contributed by atoms with Crippen molar-refractivity contribution in [2.24, 2.45) is 0 Å². The second kappa shape index (κ2) is 10.4. The molecule has 192 valence electrons. The molecule has 1 aliphatic heterocycles. The van der Waals surface area contributed by atoms with Crippen LogP contribution in [0.2, 0.25) is 0 Å². The van der Waals surface area contributed by atoms with E-state index in [0.29, 0.717) is 19.5 Å². The molecule has 0 atom stereocenters. The number of aromatic nitrogens is 4. The van der Waals surface area contributed by atoms with Crippen LogP contribution < -0.4 is 4.90 Å². The lowest BCUT2D eigenvalue weighted by molar-refractivity contribution is 0.0772. The van der Waals surface area contributed by atoms with Crippen LogP contribution in [0.3, 0.4) is 0 Å². The smallest absolute Gasteiger partial charge is 0.263 e. The third-order valence-corrected chi connectivity index (χ3v) is 7.89. The zero-order valence-corrected chi connectivity index (χ0v) is 22.5. The van der Waals surface area contributed by atoms with E-state index >= 15 is 0 Å². The number of fused-ring (bicyclic) bond motifs is 1. The number of anilines is 1. The molecule has 6 rings (SSSR count). The van der Waals surface area contributed by atoms with Gasteiger partial charge < -0.3 is 9.80 Å². The topological polar surface area (TPSA) is 67.2 Å². The highest BCUT2D eigenvalue weighted by atomic mass is 32.1. The average molecular weight is 523 g/mol. The van der Waals surface area contributed by atoms with Gasteiger partial charge in [0, 0.05) is 32.6 Å². The summed E-state index contributed by atoms with van der Waals surface area (Å²) in [6, 6.07) is 22.5. The van der Waals surface area contributed by atoms with Crippen LogP contribution in [-0.4, -0.2) is 56.7 Å². The molecule has 0 saturated carbocycles. The van der Waals surface area contributed by atoms with Crippen molar-refractivity contribution in [2.45, 2.75) is 26.7 Å². The molecule has 0 spiro atoms. The zero-order chi connectivity index (χ0) is 26.1. The Labute approximate surface area is 226 Å². The fourth-order valence-electron chi connectivity index (χ4n) is 5.04. The third kappa shape index (κ3) is 4.79. The number of hydrogen-bond acceptors (Lipinski definition) is 6. The Morgan fingerprint density at radius 2 is 1.71 bits per heavy atom. The molecule has 3 aromatic heterocycles. The summed E-state index contributed by atoms with van der Waals surface area (Å²) in [6.45, 7) is 7.04. The van der Waals surface area contributed by atoms with Gasteiger partial charge in [-0.25, -0.2) is 14.6 Å². The highest BCUT2D eigenvalue weighted by Gasteiger charge is 2.25. The summed E-state index contributed by atoms with van der Waals surface area (Å²) in [5.41, 5.74) is 5.09. The van der Waals surface area contributed by atoms with Gasteiger partial charge in [0.25, 0.3) is 5.91 Å². The first kappa shape index (κ1) is 24.3. The highest BCUT2D eigenvalue weighted by molar-refractivity contribution is 7.12. The SMILES string of the molecule is Cc1ccc(Cc2nc(N3CCCN(C(=O)c4cccs4)CC3)c3c(C)nn(-c4ccccc4)c3n2)cc1. The van der Waals surface area contributed by atoms with E-state index in [1.807, 2.05) is 64.4 Å². The molecule has 0 N–H and O–H groups in total. The summed E-state index contributed by atoms with van der Waals surface area (Å²) in [6.07, 6.45) is 1.51. The Morgan fingerprint density at radius 3 is 2.47 bits per heavy atom. The van der Waals surface area contributed by atoms with Crippen molar-refractivity contribution < 1.29 is 4.79 Å². The third-order valence-electron chi connectivity index (χ3n) is 7.03. The van der Waals surface area contributed by atoms with E-state index in [2.05, 4.69) is 36.1 Å². The molecule has 0 aliphatic carbocycles. The molecule has 8 heteroatoms. The monoisotopic (exact) mass is 522 g/mol. The maximum Gasteiger partial charge on any atom is 0.263 e. The lowest BCUT2D eigenvalue weighted by atomic mass is 10.1. The van der Waals surface area contributed by atoms with E-state index in [9.17, 15) is 4.79 Å². The Bertz CT molecular complexity index is 1560. The van der Waals surface area contributed by atoms with Gasteiger partial charge in [-0.2, -0.15) is 5.10 Å². The van der Waals surface area contributed by atoms with Gasteiger partial charge >= 0.3 is 0 Å². The largest absolute Gasteiger partial charge is 0.354 e. The maximum absolute atomic E-state index is 13.0. The number of hydrogen-bond donors (Lipinski definition) is 0. The summed E-state index contributed by atoms with van der Waals surface area (Å²) in [7, 11) is 0. The van der Waals surface area contributed by atoms with E-state index in [1.165, 1.54) is 22.5 Å². The molecule has 0 bridgehead atoms. The number of carbonyl (C=O) groups excluding carboxylic acids is 1. The normalized spacial score (nSPS) is 14.2. The molecule has 2 aromatic carbocycles. The van der Waals surface area contributed by atoms with Crippen LogP contribution in [0, 0.1) is 13.8 Å². The van der Waals surface area contributed by atoms with Gasteiger partial charge in [-0.15, -0.1) is 11.3 Å². The maximum atomic E-state index is 13.0. The van der Waals surface area contributed by atoms with Crippen LogP contribution in [0.4, 0.5) is 5.82 Å². The molecule has 4 heterocycles. The van der Waals surface area contributed by atoms with Crippen LogP contribution in [0.15, 0.2) is 72.1 Å². The minimum Gasteiger partial charge on any atom is -0.354 e. The number of amides is 1. The standard InChI is InChI=1S/C30H30N6OS/c1-21-11-13-23(14-12-21)20-26-31-28(27-22(2)33-36(29(27)32-26)24-8-4-3-5-9-24)34-15-7-16-35(18-17-34)30(37)25-10-6-19-38-25/h3-6,8-14,19H,7,15-18,20H2,1-2H3. The van der Waals surface area contributed by atoms with E-state index < -0.39 is 0 Å². The van der Waals surface area contributed by atoms with Crippen molar-refractivity contribution in [3.8, 4) is 5.69 Å². The second-order valence-corrected chi connectivity index (χ2v) is 10.7. The van der Waals surface area contributed by atoms with Crippen molar-refractivity contribution in [1.29, 1.82) is 0 Å². The molecule has 1 saturated heterocycles. The van der Waals surface area contributed by atoms with Gasteiger partial charge in [0.1, 0.15) is 11.6 Å². The van der Waals surface area contributed by atoms with Gasteiger partial charge in [0.05, 0.1) is 21.6 Å². The Kier molecular flexibility index (Phi) is 6.64. The fraction of sp³-hybridized carbons (Fsp3) is 0.267. The first-order valence-corrected chi connectivity index (χ1v) is 13.9. The second-order valence-electron chi connectivity index (χ2n) is 9.77. The number of para-hydroxylation sites is 1. The Hall–Kier alpha value is -4.04. The quantitative estimate of drug-likeness (QED) is 0.308. The van der Waals surface area contributed by atoms with Crippen LogP contribution in [-0.2, 0) is 6.42 Å². The minimum absolute atomic E-state index is 0.114. The Morgan fingerprint density at radius 1 is 0.895 bits per heavy atom. The van der Waals surface area contributed by atoms with Crippen LogP contribution in [0.5, 0.6) is 0 Å². The molecule has 38 heavy (non-hydrogen) atoms. The number of benzene rings is 2. The minimum atomic E-state index is 0.114. The molecular formula is C30H30N6OS. The van der Waals surface area contributed by atoms with Crippen molar-refractivity contribution in [3.05, 3.63) is 99.6 Å². The van der Waals surface area contributed by atoms with Crippen LogP contribution in [0.1, 0.15) is 38.7 Å². The molecule has 5 aromatic rings. The molecule has 1 amide bonds. The molecular weight excluding hydrogens is 492 g/mol. The fourth-order valence-corrected chi connectivity index (χ4v) is 5.73. The van der Waals surface area contributed by atoms with Crippen molar-refractivity contribution in [2.75, 3.05) is 31.1 Å². The van der Waals surface area contributed by atoms with Crippen LogP contribution >= 0.6 is 11.3 Å². The lowest BCUT2D eigenvalue weighted by Crippen LogP contribution is -2.35. The number of nitrogens with zero attached hydrogens (tertiary/aromatic N) is 6. The Balaban J connectivity index is 1.40. The van der Waals surface area contributed by atoms with E-state index in [0.717, 1.165) is 58.4 Å². The predicted octanol–water partition coefficient (Wildman–Crippen LogP) is 5.44. The first-order valence-electron chi connectivity index (χ1n) is 13.0. The average Bonchev–Trinajstić information content (AvgIpc) is 3.51. The van der Waals surface area contributed by atoms with Crippen molar-refractivity contribution >= 4 is 34.1 Å². The van der Waals surface area contributed by atoms with E-state index in [-0.39, 0.29) is 5.91 Å². The summed E-state index contributed by atoms with van der Waals surface area (Å²) in [5, 5.41) is 7.83. The summed E-state index contributed by atoms with van der Waals surface area (Å²) in [5.74, 6) is 1.79. The molecule has 1 aliphatic rings. The molecule has 0 unspecified atom stereocenters. The molecule has 0 radical (unpaired) electrons. The van der Waals surface area contributed by atoms with Crippen LogP contribution in [0.25, 0.3) is 16.7 Å². The van der Waals surface area contributed by atoms with Gasteiger partial charge in [-0.3, -0.25) is 4.79 Å². The van der Waals surface area contributed by atoms with Crippen molar-refractivity contribution in [3.63, 3.8) is 0 Å².